The molecular weight excluding hydrogens is 202 g/mol. The predicted octanol–water partition coefficient (Wildman–Crippen LogP) is 2.19. The molecule has 0 saturated carbocycles. The molecule has 0 radical (unpaired) electrons. The average molecular weight is 219 g/mol. The third kappa shape index (κ3) is 2.33. The van der Waals surface area contributed by atoms with E-state index >= 15 is 0 Å². The number of aromatic nitrogens is 1. The number of anilines is 1. The molecule has 4 nitrogen and oxygen atoms in total. The molecule has 16 heavy (non-hydrogen) atoms. The minimum atomic E-state index is 0.440. The Morgan fingerprint density at radius 2 is 2.12 bits per heavy atom. The summed E-state index contributed by atoms with van der Waals surface area (Å²) in [5, 5.41) is 3.20. The Bertz CT molecular complexity index is 431. The van der Waals surface area contributed by atoms with E-state index < -0.39 is 0 Å². The van der Waals surface area contributed by atoms with E-state index in [2.05, 4.69) is 36.2 Å². The highest BCUT2D eigenvalue weighted by Gasteiger charge is 2.07. The van der Waals surface area contributed by atoms with Crippen LogP contribution in [0.3, 0.4) is 0 Å². The summed E-state index contributed by atoms with van der Waals surface area (Å²) in [6, 6.07) is 8.80. The number of oxazole rings is 1. The molecule has 2 rings (SSSR count). The zero-order chi connectivity index (χ0) is 11.5. The predicted molar refractivity (Wildman–Crippen MR) is 65.6 cm³/mol. The average Bonchev–Trinajstić information content (AvgIpc) is 2.68. The second-order valence-electron chi connectivity index (χ2n) is 4.18. The third-order valence-corrected chi connectivity index (χ3v) is 2.72. The van der Waals surface area contributed by atoms with Crippen LogP contribution < -0.4 is 5.32 Å². The molecule has 1 aromatic heterocycles. The molecule has 1 N–H and O–H groups in total. The maximum atomic E-state index is 5.56. The van der Waals surface area contributed by atoms with Crippen molar-refractivity contribution in [3.8, 4) is 0 Å². The van der Waals surface area contributed by atoms with Gasteiger partial charge in [0.2, 0.25) is 0 Å². The Kier molecular flexibility index (Phi) is 3.10. The Labute approximate surface area is 95.3 Å². The number of para-hydroxylation sites is 2. The van der Waals surface area contributed by atoms with E-state index in [1.165, 1.54) is 0 Å². The number of hydrogen-bond acceptors (Lipinski definition) is 4. The standard InChI is InChI=1S/C12H17N3O/c1-9(15(2)3)8-13-12-14-10-6-4-5-7-11(10)16-12/h4-7,9H,8H2,1-3H3,(H,13,14)/t9-/m1/s1. The molecule has 2 aromatic rings. The minimum Gasteiger partial charge on any atom is -0.424 e. The van der Waals surface area contributed by atoms with Crippen LogP contribution in [0.25, 0.3) is 11.1 Å². The molecule has 86 valence electrons. The van der Waals surface area contributed by atoms with Crippen LogP contribution in [0.15, 0.2) is 28.7 Å². The maximum Gasteiger partial charge on any atom is 0.295 e. The lowest BCUT2D eigenvalue weighted by Gasteiger charge is -2.19. The van der Waals surface area contributed by atoms with Crippen molar-refractivity contribution in [1.29, 1.82) is 0 Å². The van der Waals surface area contributed by atoms with Gasteiger partial charge in [-0.15, -0.1) is 0 Å². The van der Waals surface area contributed by atoms with Crippen LogP contribution in [-0.2, 0) is 0 Å². The van der Waals surface area contributed by atoms with Gasteiger partial charge >= 0.3 is 0 Å². The van der Waals surface area contributed by atoms with Gasteiger partial charge in [0.25, 0.3) is 6.01 Å². The number of rotatable bonds is 4. The summed E-state index contributed by atoms with van der Waals surface area (Å²) < 4.78 is 5.56. The highest BCUT2D eigenvalue weighted by molar-refractivity contribution is 5.74. The van der Waals surface area contributed by atoms with Gasteiger partial charge in [0, 0.05) is 12.6 Å². The third-order valence-electron chi connectivity index (χ3n) is 2.72. The molecule has 1 heterocycles. The van der Waals surface area contributed by atoms with Gasteiger partial charge < -0.3 is 14.6 Å². The Hall–Kier alpha value is -1.55. The first kappa shape index (κ1) is 11.0. The van der Waals surface area contributed by atoms with Crippen molar-refractivity contribution in [1.82, 2.24) is 9.88 Å². The lowest BCUT2D eigenvalue weighted by Crippen LogP contribution is -2.31. The van der Waals surface area contributed by atoms with Crippen molar-refractivity contribution in [3.63, 3.8) is 0 Å². The van der Waals surface area contributed by atoms with Gasteiger partial charge in [0.05, 0.1) is 0 Å². The molecule has 0 bridgehead atoms. The molecule has 0 saturated heterocycles. The van der Waals surface area contributed by atoms with Crippen LogP contribution >= 0.6 is 0 Å². The topological polar surface area (TPSA) is 41.3 Å². The zero-order valence-electron chi connectivity index (χ0n) is 9.90. The van der Waals surface area contributed by atoms with Crippen LogP contribution in [0.4, 0.5) is 6.01 Å². The summed E-state index contributed by atoms with van der Waals surface area (Å²) in [6.07, 6.45) is 0. The summed E-state index contributed by atoms with van der Waals surface area (Å²) in [4.78, 5) is 6.50. The van der Waals surface area contributed by atoms with Crippen LogP contribution in [-0.4, -0.2) is 36.6 Å². The second kappa shape index (κ2) is 4.53. The molecule has 1 atom stereocenters. The van der Waals surface area contributed by atoms with Gasteiger partial charge in [-0.2, -0.15) is 4.98 Å². The first-order valence-corrected chi connectivity index (χ1v) is 5.42. The highest BCUT2D eigenvalue weighted by atomic mass is 16.4. The van der Waals surface area contributed by atoms with Gasteiger partial charge in [-0.1, -0.05) is 12.1 Å². The fourth-order valence-corrected chi connectivity index (χ4v) is 1.37. The van der Waals surface area contributed by atoms with Crippen molar-refractivity contribution >= 4 is 17.1 Å². The number of fused-ring (bicyclic) bond motifs is 1. The van der Waals surface area contributed by atoms with Crippen LogP contribution in [0.5, 0.6) is 0 Å². The smallest absolute Gasteiger partial charge is 0.295 e. The molecule has 4 heteroatoms. The monoisotopic (exact) mass is 219 g/mol. The number of benzene rings is 1. The summed E-state index contributed by atoms with van der Waals surface area (Å²) >= 11 is 0. The van der Waals surface area contributed by atoms with Crippen LogP contribution in [0.2, 0.25) is 0 Å². The molecule has 0 aliphatic heterocycles. The second-order valence-corrected chi connectivity index (χ2v) is 4.18. The SMILES string of the molecule is C[C@H](CNc1nc2ccccc2o1)N(C)C. The summed E-state index contributed by atoms with van der Waals surface area (Å²) in [7, 11) is 4.11. The molecule has 0 unspecified atom stereocenters. The lowest BCUT2D eigenvalue weighted by molar-refractivity contribution is 0.324. The van der Waals surface area contributed by atoms with E-state index in [9.17, 15) is 0 Å². The van der Waals surface area contributed by atoms with Crippen molar-refractivity contribution in [3.05, 3.63) is 24.3 Å². The van der Waals surface area contributed by atoms with Gasteiger partial charge in [-0.05, 0) is 33.2 Å². The molecule has 1 aromatic carbocycles. The zero-order valence-corrected chi connectivity index (χ0v) is 9.90. The maximum absolute atomic E-state index is 5.56. The minimum absolute atomic E-state index is 0.440. The van der Waals surface area contributed by atoms with Crippen molar-refractivity contribution < 1.29 is 4.42 Å². The Morgan fingerprint density at radius 3 is 2.81 bits per heavy atom. The number of nitrogens with zero attached hydrogens (tertiary/aromatic N) is 2. The molecule has 0 spiro atoms. The largest absolute Gasteiger partial charge is 0.424 e. The lowest BCUT2D eigenvalue weighted by atomic mass is 10.3. The Morgan fingerprint density at radius 1 is 1.38 bits per heavy atom. The van der Waals surface area contributed by atoms with Crippen molar-refractivity contribution in [2.45, 2.75) is 13.0 Å². The van der Waals surface area contributed by atoms with E-state index in [1.54, 1.807) is 0 Å². The normalized spacial score (nSPS) is 13.2. The van der Waals surface area contributed by atoms with Crippen LogP contribution in [0.1, 0.15) is 6.92 Å². The van der Waals surface area contributed by atoms with Gasteiger partial charge in [0.15, 0.2) is 5.58 Å². The van der Waals surface area contributed by atoms with E-state index in [0.29, 0.717) is 12.1 Å². The molecular formula is C12H17N3O. The number of likely N-dealkylation sites (N-methyl/N-ethyl adjacent to an activating group) is 1. The van der Waals surface area contributed by atoms with E-state index in [1.807, 2.05) is 24.3 Å². The molecule has 0 amide bonds. The first-order valence-electron chi connectivity index (χ1n) is 5.42. The summed E-state index contributed by atoms with van der Waals surface area (Å²) in [5.41, 5.74) is 1.71. The van der Waals surface area contributed by atoms with Crippen molar-refractivity contribution in [2.24, 2.45) is 0 Å². The Balaban J connectivity index is 2.05. The van der Waals surface area contributed by atoms with E-state index in [4.69, 9.17) is 4.42 Å². The molecule has 0 fully saturated rings. The van der Waals surface area contributed by atoms with Crippen molar-refractivity contribution in [2.75, 3.05) is 26.0 Å². The summed E-state index contributed by atoms with van der Waals surface area (Å²) in [5.74, 6) is 0. The van der Waals surface area contributed by atoms with Gasteiger partial charge in [0.1, 0.15) is 5.52 Å². The van der Waals surface area contributed by atoms with Gasteiger partial charge in [-0.3, -0.25) is 0 Å². The number of hydrogen-bond donors (Lipinski definition) is 1. The fraction of sp³-hybridized carbons (Fsp3) is 0.417. The van der Waals surface area contributed by atoms with Gasteiger partial charge in [-0.25, -0.2) is 0 Å². The highest BCUT2D eigenvalue weighted by Crippen LogP contribution is 2.17. The van der Waals surface area contributed by atoms with Crippen LogP contribution in [0, 0.1) is 0 Å². The van der Waals surface area contributed by atoms with E-state index in [-0.39, 0.29) is 0 Å². The molecule has 0 aliphatic rings. The molecule has 0 aliphatic carbocycles. The van der Waals surface area contributed by atoms with E-state index in [0.717, 1.165) is 17.6 Å². The fourth-order valence-electron chi connectivity index (χ4n) is 1.37. The summed E-state index contributed by atoms with van der Waals surface area (Å²) in [6.45, 7) is 2.97. The number of nitrogens with one attached hydrogen (secondary N) is 1. The first-order chi connectivity index (χ1) is 7.66. The quantitative estimate of drug-likeness (QED) is 0.855.